The Morgan fingerprint density at radius 2 is 1.93 bits per heavy atom. The number of hydrogen-bond donors (Lipinski definition) is 1. The highest BCUT2D eigenvalue weighted by Crippen LogP contribution is 2.34. The van der Waals surface area contributed by atoms with Gasteiger partial charge in [0.15, 0.2) is 0 Å². The van der Waals surface area contributed by atoms with Crippen LogP contribution in [-0.4, -0.2) is 23.9 Å². The summed E-state index contributed by atoms with van der Waals surface area (Å²) in [6.07, 6.45) is 3.04. The van der Waals surface area contributed by atoms with Crippen LogP contribution in [0.25, 0.3) is 5.70 Å². The molecule has 0 radical (unpaired) electrons. The van der Waals surface area contributed by atoms with Gasteiger partial charge in [0.2, 0.25) is 0 Å². The molecule has 0 saturated carbocycles. The third-order valence-corrected chi connectivity index (χ3v) is 4.90. The van der Waals surface area contributed by atoms with Gasteiger partial charge in [-0.3, -0.25) is 4.79 Å². The lowest BCUT2D eigenvalue weighted by atomic mass is 10.0. The molecule has 140 valence electrons. The Hall–Kier alpha value is -2.50. The molecule has 0 amide bonds. The first-order valence-electron chi connectivity index (χ1n) is 8.36. The molecule has 0 aromatic heterocycles. The van der Waals surface area contributed by atoms with Crippen molar-refractivity contribution in [3.8, 4) is 5.75 Å². The van der Waals surface area contributed by atoms with Gasteiger partial charge in [-0.2, -0.15) is 5.10 Å². The number of carbonyl (C=O) groups is 1. The van der Waals surface area contributed by atoms with Gasteiger partial charge in [-0.1, -0.05) is 35.3 Å². The molecule has 5 nitrogen and oxygen atoms in total. The Kier molecular flexibility index (Phi) is 6.04. The number of hydrazone groups is 1. The fraction of sp³-hybridized carbons (Fsp3) is 0.200. The highest BCUT2D eigenvalue weighted by Gasteiger charge is 2.20. The van der Waals surface area contributed by atoms with E-state index in [0.717, 1.165) is 28.4 Å². The highest BCUT2D eigenvalue weighted by atomic mass is 35.5. The molecule has 2 aromatic carbocycles. The molecule has 1 aliphatic rings. The lowest BCUT2D eigenvalue weighted by Crippen LogP contribution is -2.22. The number of aliphatic carboxylic acids is 1. The molecule has 1 N–H and O–H groups in total. The van der Waals surface area contributed by atoms with Crippen molar-refractivity contribution in [1.29, 1.82) is 0 Å². The summed E-state index contributed by atoms with van der Waals surface area (Å²) in [5.74, 6) is -0.0983. The van der Waals surface area contributed by atoms with Crippen molar-refractivity contribution in [2.45, 2.75) is 19.3 Å². The van der Waals surface area contributed by atoms with Gasteiger partial charge >= 0.3 is 5.97 Å². The van der Waals surface area contributed by atoms with Crippen molar-refractivity contribution in [1.82, 2.24) is 0 Å². The maximum atomic E-state index is 10.9. The second kappa shape index (κ2) is 8.46. The molecule has 0 saturated heterocycles. The fourth-order valence-corrected chi connectivity index (χ4v) is 3.05. The first kappa shape index (κ1) is 19.3. The number of rotatable bonds is 6. The molecule has 1 aliphatic heterocycles. The summed E-state index contributed by atoms with van der Waals surface area (Å²) < 4.78 is 5.22. The van der Waals surface area contributed by atoms with Crippen LogP contribution in [0.2, 0.25) is 10.0 Å². The predicted molar refractivity (Wildman–Crippen MR) is 109 cm³/mol. The van der Waals surface area contributed by atoms with E-state index in [1.165, 1.54) is 0 Å². The maximum Gasteiger partial charge on any atom is 0.303 e. The van der Waals surface area contributed by atoms with Crippen LogP contribution in [0.5, 0.6) is 5.75 Å². The van der Waals surface area contributed by atoms with E-state index >= 15 is 0 Å². The number of halogens is 2. The Morgan fingerprint density at radius 1 is 1.19 bits per heavy atom. The number of ether oxygens (including phenoxy) is 1. The zero-order chi connectivity index (χ0) is 19.4. The normalized spacial score (nSPS) is 13.8. The van der Waals surface area contributed by atoms with E-state index in [9.17, 15) is 4.79 Å². The van der Waals surface area contributed by atoms with Crippen molar-refractivity contribution in [2.75, 3.05) is 12.1 Å². The molecule has 0 bridgehead atoms. The topological polar surface area (TPSA) is 62.1 Å². The summed E-state index contributed by atoms with van der Waals surface area (Å²) in [5, 5.41) is 16.4. The fourth-order valence-electron chi connectivity index (χ4n) is 2.76. The number of benzene rings is 2. The first-order valence-corrected chi connectivity index (χ1v) is 9.11. The monoisotopic (exact) mass is 404 g/mol. The molecule has 3 rings (SSSR count). The van der Waals surface area contributed by atoms with E-state index in [4.69, 9.17) is 38.1 Å². The van der Waals surface area contributed by atoms with E-state index in [2.05, 4.69) is 0 Å². The van der Waals surface area contributed by atoms with Gasteiger partial charge < -0.3 is 9.84 Å². The number of nitrogens with zero attached hydrogens (tertiary/aromatic N) is 2. The third kappa shape index (κ3) is 4.62. The Balaban J connectivity index is 1.97. The summed E-state index contributed by atoms with van der Waals surface area (Å²) in [5.41, 5.74) is 3.37. The Bertz CT molecular complexity index is 908. The maximum absolute atomic E-state index is 10.9. The van der Waals surface area contributed by atoms with Gasteiger partial charge in [0.25, 0.3) is 0 Å². The molecule has 0 unspecified atom stereocenters. The number of anilines is 1. The zero-order valence-corrected chi connectivity index (χ0v) is 16.2. The molecule has 1 heterocycles. The third-order valence-electron chi connectivity index (χ3n) is 4.16. The van der Waals surface area contributed by atoms with E-state index in [-0.39, 0.29) is 6.42 Å². The summed E-state index contributed by atoms with van der Waals surface area (Å²) in [6.45, 7) is 0. The Morgan fingerprint density at radius 3 is 2.56 bits per heavy atom. The van der Waals surface area contributed by atoms with Crippen LogP contribution in [-0.2, 0) is 4.79 Å². The SMILES string of the molecule is COc1ccc(N2N=C(CCC(=O)O)CC=C2c2ccc(Cl)c(Cl)c2)cc1. The van der Waals surface area contributed by atoms with Gasteiger partial charge in [0, 0.05) is 17.7 Å². The number of hydrogen-bond acceptors (Lipinski definition) is 4. The molecule has 2 aromatic rings. The summed E-state index contributed by atoms with van der Waals surface area (Å²) in [7, 11) is 1.61. The quantitative estimate of drug-likeness (QED) is 0.692. The lowest BCUT2D eigenvalue weighted by molar-refractivity contribution is -0.136. The summed E-state index contributed by atoms with van der Waals surface area (Å²) >= 11 is 12.2. The Labute approximate surface area is 167 Å². The molecule has 7 heteroatoms. The minimum atomic E-state index is -0.840. The van der Waals surface area contributed by atoms with Crippen LogP contribution < -0.4 is 9.75 Å². The van der Waals surface area contributed by atoms with Crippen LogP contribution in [0.4, 0.5) is 5.69 Å². The molecular formula is C20H18Cl2N2O3. The molecule has 0 aliphatic carbocycles. The number of methoxy groups -OCH3 is 1. The van der Waals surface area contributed by atoms with Crippen molar-refractivity contribution in [3.63, 3.8) is 0 Å². The molecule has 0 atom stereocenters. The summed E-state index contributed by atoms with van der Waals surface area (Å²) in [4.78, 5) is 10.9. The average molecular weight is 405 g/mol. The standard InChI is InChI=1S/C20H18Cl2N2O3/c1-27-16-7-5-15(6-8-16)24-19(13-2-9-17(21)18(22)12-13)10-3-14(23-24)4-11-20(25)26/h2,5-10,12H,3-4,11H2,1H3,(H,25,26). The van der Waals surface area contributed by atoms with Gasteiger partial charge in [0.05, 0.1) is 35.0 Å². The first-order chi connectivity index (χ1) is 13.0. The average Bonchev–Trinajstić information content (AvgIpc) is 2.68. The van der Waals surface area contributed by atoms with Crippen molar-refractivity contribution in [2.24, 2.45) is 5.10 Å². The zero-order valence-electron chi connectivity index (χ0n) is 14.7. The molecule has 0 fully saturated rings. The van der Waals surface area contributed by atoms with Crippen LogP contribution in [0.1, 0.15) is 24.8 Å². The highest BCUT2D eigenvalue weighted by molar-refractivity contribution is 6.42. The minimum Gasteiger partial charge on any atom is -0.497 e. The molecular weight excluding hydrogens is 387 g/mol. The minimum absolute atomic E-state index is 0.0469. The van der Waals surface area contributed by atoms with Crippen molar-refractivity contribution in [3.05, 3.63) is 64.1 Å². The van der Waals surface area contributed by atoms with Crippen LogP contribution in [0.15, 0.2) is 53.6 Å². The van der Waals surface area contributed by atoms with E-state index in [1.54, 1.807) is 24.3 Å². The van der Waals surface area contributed by atoms with E-state index in [1.807, 2.05) is 36.4 Å². The van der Waals surface area contributed by atoms with E-state index < -0.39 is 5.97 Å². The second-order valence-electron chi connectivity index (χ2n) is 5.99. The van der Waals surface area contributed by atoms with Crippen molar-refractivity contribution < 1.29 is 14.6 Å². The van der Waals surface area contributed by atoms with Gasteiger partial charge in [-0.05, 0) is 42.8 Å². The number of carboxylic acids is 1. The van der Waals surface area contributed by atoms with Crippen LogP contribution in [0, 0.1) is 0 Å². The number of allylic oxidation sites excluding steroid dienone is 1. The second-order valence-corrected chi connectivity index (χ2v) is 6.81. The number of carboxylic acid groups (broad SMARTS) is 1. The summed E-state index contributed by atoms with van der Waals surface area (Å²) in [6, 6.07) is 12.9. The van der Waals surface area contributed by atoms with Crippen LogP contribution in [0.3, 0.4) is 0 Å². The van der Waals surface area contributed by atoms with Gasteiger partial charge in [0.1, 0.15) is 5.75 Å². The van der Waals surface area contributed by atoms with Gasteiger partial charge in [-0.15, -0.1) is 0 Å². The van der Waals surface area contributed by atoms with Crippen LogP contribution >= 0.6 is 23.2 Å². The van der Waals surface area contributed by atoms with Gasteiger partial charge in [-0.25, -0.2) is 5.01 Å². The lowest BCUT2D eigenvalue weighted by Gasteiger charge is -2.28. The van der Waals surface area contributed by atoms with Crippen molar-refractivity contribution >= 4 is 46.3 Å². The van der Waals surface area contributed by atoms with E-state index in [0.29, 0.717) is 22.9 Å². The predicted octanol–water partition coefficient (Wildman–Crippen LogP) is 5.47. The molecule has 0 spiro atoms. The largest absolute Gasteiger partial charge is 0.497 e. The molecule has 27 heavy (non-hydrogen) atoms. The smallest absolute Gasteiger partial charge is 0.303 e.